The van der Waals surface area contributed by atoms with Crippen LogP contribution in [0, 0.1) is 0 Å². The molecule has 96 valence electrons. The molecule has 0 saturated carbocycles. The van der Waals surface area contributed by atoms with E-state index in [1.807, 2.05) is 18.3 Å². The SMILES string of the molecule is COCCNCc1cnc(-c2ccc(Br)cn2)[nH]1. The lowest BCUT2D eigenvalue weighted by molar-refractivity contribution is 0.199. The molecule has 2 aromatic heterocycles. The van der Waals surface area contributed by atoms with Gasteiger partial charge >= 0.3 is 0 Å². The second-order valence-electron chi connectivity index (χ2n) is 3.79. The Morgan fingerprint density at radius 3 is 2.94 bits per heavy atom. The van der Waals surface area contributed by atoms with Crippen LogP contribution in [0.5, 0.6) is 0 Å². The van der Waals surface area contributed by atoms with Gasteiger partial charge in [0.1, 0.15) is 5.69 Å². The van der Waals surface area contributed by atoms with E-state index in [2.05, 4.69) is 36.2 Å². The number of halogens is 1. The predicted octanol–water partition coefficient (Wildman–Crippen LogP) is 1.97. The molecule has 0 saturated heterocycles. The lowest BCUT2D eigenvalue weighted by atomic mass is 10.3. The van der Waals surface area contributed by atoms with Crippen molar-refractivity contribution in [2.24, 2.45) is 0 Å². The summed E-state index contributed by atoms with van der Waals surface area (Å²) < 4.78 is 5.92. The zero-order valence-electron chi connectivity index (χ0n) is 10.1. The summed E-state index contributed by atoms with van der Waals surface area (Å²) in [6, 6.07) is 3.87. The van der Waals surface area contributed by atoms with Gasteiger partial charge in [0.15, 0.2) is 5.82 Å². The maximum absolute atomic E-state index is 4.96. The average Bonchev–Trinajstić information content (AvgIpc) is 2.84. The van der Waals surface area contributed by atoms with E-state index in [4.69, 9.17) is 4.74 Å². The van der Waals surface area contributed by atoms with E-state index in [0.29, 0.717) is 6.61 Å². The Hall–Kier alpha value is -1.24. The predicted molar refractivity (Wildman–Crippen MR) is 73.1 cm³/mol. The smallest absolute Gasteiger partial charge is 0.156 e. The van der Waals surface area contributed by atoms with Gasteiger partial charge in [-0.1, -0.05) is 0 Å². The van der Waals surface area contributed by atoms with E-state index in [-0.39, 0.29) is 0 Å². The Bertz CT molecular complexity index is 483. The van der Waals surface area contributed by atoms with Crippen LogP contribution in [0.1, 0.15) is 5.69 Å². The van der Waals surface area contributed by atoms with Gasteiger partial charge in [0.25, 0.3) is 0 Å². The van der Waals surface area contributed by atoms with Crippen molar-refractivity contribution in [3.63, 3.8) is 0 Å². The number of hydrogen-bond donors (Lipinski definition) is 2. The van der Waals surface area contributed by atoms with Crippen molar-refractivity contribution < 1.29 is 4.74 Å². The van der Waals surface area contributed by atoms with E-state index in [0.717, 1.165) is 34.8 Å². The molecule has 2 aromatic rings. The Morgan fingerprint density at radius 2 is 2.22 bits per heavy atom. The van der Waals surface area contributed by atoms with Gasteiger partial charge in [-0.3, -0.25) is 4.98 Å². The first-order valence-corrected chi connectivity index (χ1v) is 6.44. The molecule has 0 aliphatic carbocycles. The molecule has 5 nitrogen and oxygen atoms in total. The van der Waals surface area contributed by atoms with Crippen molar-refractivity contribution in [2.75, 3.05) is 20.3 Å². The second-order valence-corrected chi connectivity index (χ2v) is 4.70. The third-order valence-corrected chi connectivity index (χ3v) is 2.87. The maximum Gasteiger partial charge on any atom is 0.156 e. The Balaban J connectivity index is 1.95. The number of aromatic amines is 1. The number of aromatic nitrogens is 3. The van der Waals surface area contributed by atoms with Crippen molar-refractivity contribution in [3.8, 4) is 11.5 Å². The Labute approximate surface area is 114 Å². The van der Waals surface area contributed by atoms with Gasteiger partial charge in [0.05, 0.1) is 12.8 Å². The van der Waals surface area contributed by atoms with Crippen molar-refractivity contribution in [3.05, 3.63) is 34.7 Å². The number of nitrogens with zero attached hydrogens (tertiary/aromatic N) is 2. The molecule has 2 N–H and O–H groups in total. The van der Waals surface area contributed by atoms with Crippen LogP contribution in [0.15, 0.2) is 29.0 Å². The van der Waals surface area contributed by atoms with Crippen LogP contribution in [0.25, 0.3) is 11.5 Å². The average molecular weight is 311 g/mol. The zero-order valence-corrected chi connectivity index (χ0v) is 11.7. The van der Waals surface area contributed by atoms with E-state index in [9.17, 15) is 0 Å². The van der Waals surface area contributed by atoms with Gasteiger partial charge in [-0.15, -0.1) is 0 Å². The minimum atomic E-state index is 0.704. The lowest BCUT2D eigenvalue weighted by Crippen LogP contribution is -2.18. The molecule has 0 radical (unpaired) electrons. The number of rotatable bonds is 6. The fourth-order valence-corrected chi connectivity index (χ4v) is 1.73. The minimum absolute atomic E-state index is 0.704. The molecule has 0 atom stereocenters. The first kappa shape index (κ1) is 13.2. The summed E-state index contributed by atoms with van der Waals surface area (Å²) in [6.45, 7) is 2.27. The highest BCUT2D eigenvalue weighted by molar-refractivity contribution is 9.10. The largest absolute Gasteiger partial charge is 0.383 e. The quantitative estimate of drug-likeness (QED) is 0.801. The highest BCUT2D eigenvalue weighted by Gasteiger charge is 2.04. The van der Waals surface area contributed by atoms with Crippen LogP contribution in [-0.2, 0) is 11.3 Å². The van der Waals surface area contributed by atoms with E-state index in [1.54, 1.807) is 13.3 Å². The molecule has 2 rings (SSSR count). The highest BCUT2D eigenvalue weighted by Crippen LogP contribution is 2.15. The molecule has 18 heavy (non-hydrogen) atoms. The first-order chi connectivity index (χ1) is 8.79. The zero-order chi connectivity index (χ0) is 12.8. The van der Waals surface area contributed by atoms with E-state index >= 15 is 0 Å². The van der Waals surface area contributed by atoms with Crippen molar-refractivity contribution in [1.82, 2.24) is 20.3 Å². The number of pyridine rings is 1. The molecule has 2 heterocycles. The van der Waals surface area contributed by atoms with E-state index in [1.165, 1.54) is 0 Å². The standard InChI is InChI=1S/C12H15BrN4O/c1-18-5-4-14-7-10-8-16-12(17-10)11-3-2-9(13)6-15-11/h2-3,6,8,14H,4-5,7H2,1H3,(H,16,17). The van der Waals surface area contributed by atoms with Crippen molar-refractivity contribution in [1.29, 1.82) is 0 Å². The van der Waals surface area contributed by atoms with Gasteiger partial charge in [0, 0.05) is 36.6 Å². The fraction of sp³-hybridized carbons (Fsp3) is 0.333. The number of methoxy groups -OCH3 is 1. The normalized spacial score (nSPS) is 10.8. The lowest BCUT2D eigenvalue weighted by Gasteiger charge is -2.01. The van der Waals surface area contributed by atoms with Crippen molar-refractivity contribution >= 4 is 15.9 Å². The molecule has 0 amide bonds. The molecular weight excluding hydrogens is 296 g/mol. The first-order valence-electron chi connectivity index (χ1n) is 5.65. The molecule has 0 aromatic carbocycles. The van der Waals surface area contributed by atoms with Crippen molar-refractivity contribution in [2.45, 2.75) is 6.54 Å². The summed E-state index contributed by atoms with van der Waals surface area (Å²) in [5.41, 5.74) is 1.87. The summed E-state index contributed by atoms with van der Waals surface area (Å²) in [5, 5.41) is 3.25. The molecule has 0 unspecified atom stereocenters. The summed E-state index contributed by atoms with van der Waals surface area (Å²) in [5.74, 6) is 0.783. The number of hydrogen-bond acceptors (Lipinski definition) is 4. The summed E-state index contributed by atoms with van der Waals surface area (Å²) in [4.78, 5) is 11.8. The molecule has 0 aliphatic heterocycles. The number of nitrogens with one attached hydrogen (secondary N) is 2. The van der Waals surface area contributed by atoms with Gasteiger partial charge in [-0.2, -0.15) is 0 Å². The van der Waals surface area contributed by atoms with Gasteiger partial charge in [-0.05, 0) is 28.1 Å². The van der Waals surface area contributed by atoms with Crippen LogP contribution in [0.3, 0.4) is 0 Å². The highest BCUT2D eigenvalue weighted by atomic mass is 79.9. The maximum atomic E-state index is 4.96. The molecule has 0 aliphatic rings. The molecule has 0 spiro atoms. The number of imidazole rings is 1. The monoisotopic (exact) mass is 310 g/mol. The third kappa shape index (κ3) is 3.63. The van der Waals surface area contributed by atoms with Crippen LogP contribution in [0.4, 0.5) is 0 Å². The molecule has 0 bridgehead atoms. The molecule has 0 fully saturated rings. The molecule has 6 heteroatoms. The van der Waals surface area contributed by atoms with Crippen LogP contribution >= 0.6 is 15.9 Å². The molecular formula is C12H15BrN4O. The Morgan fingerprint density at radius 1 is 1.33 bits per heavy atom. The number of ether oxygens (including phenoxy) is 1. The van der Waals surface area contributed by atoms with Gasteiger partial charge in [0.2, 0.25) is 0 Å². The summed E-state index contributed by atoms with van der Waals surface area (Å²) in [7, 11) is 1.69. The fourth-order valence-electron chi connectivity index (χ4n) is 1.49. The second kappa shape index (κ2) is 6.63. The topological polar surface area (TPSA) is 62.8 Å². The minimum Gasteiger partial charge on any atom is -0.383 e. The third-order valence-electron chi connectivity index (χ3n) is 2.40. The van der Waals surface area contributed by atoms with Gasteiger partial charge in [-0.25, -0.2) is 4.98 Å². The Kier molecular flexibility index (Phi) is 4.86. The summed E-state index contributed by atoms with van der Waals surface area (Å²) >= 11 is 3.36. The summed E-state index contributed by atoms with van der Waals surface area (Å²) in [6.07, 6.45) is 3.58. The van der Waals surface area contributed by atoms with Crippen LogP contribution in [0.2, 0.25) is 0 Å². The number of H-pyrrole nitrogens is 1. The van der Waals surface area contributed by atoms with E-state index < -0.39 is 0 Å². The van der Waals surface area contributed by atoms with Crippen LogP contribution in [-0.4, -0.2) is 35.2 Å². The van der Waals surface area contributed by atoms with Crippen LogP contribution < -0.4 is 5.32 Å². The van der Waals surface area contributed by atoms with Gasteiger partial charge < -0.3 is 15.0 Å².